The van der Waals surface area contributed by atoms with Crippen LogP contribution in [0.4, 0.5) is 0 Å². The van der Waals surface area contributed by atoms with Crippen LogP contribution in [0.15, 0.2) is 11.6 Å². The molecule has 0 aromatic heterocycles. The molecule has 4 unspecified atom stereocenters. The number of hydrogen-bond donors (Lipinski definition) is 1. The molecule has 3 aliphatic rings. The molecule has 2 nitrogen and oxygen atoms in total. The third kappa shape index (κ3) is 1.68. The fraction of sp³-hybridized carbons (Fsp3) is 0.867. The first-order valence-electron chi connectivity index (χ1n) is 6.94. The van der Waals surface area contributed by atoms with Gasteiger partial charge in [-0.15, -0.1) is 0 Å². The third-order valence-corrected chi connectivity index (χ3v) is 5.55. The molecule has 0 radical (unpaired) electrons. The maximum atomic E-state index is 9.35. The minimum Gasteiger partial charge on any atom is -0.392 e. The molecule has 0 amide bonds. The van der Waals surface area contributed by atoms with Gasteiger partial charge in [0.05, 0.1) is 18.3 Å². The molecule has 17 heavy (non-hydrogen) atoms. The summed E-state index contributed by atoms with van der Waals surface area (Å²) in [4.78, 5) is 0. The summed E-state index contributed by atoms with van der Waals surface area (Å²) in [7, 11) is 0. The Hall–Kier alpha value is -0.340. The van der Waals surface area contributed by atoms with Crippen LogP contribution >= 0.6 is 0 Å². The Morgan fingerprint density at radius 3 is 2.76 bits per heavy atom. The molecule has 1 saturated carbocycles. The number of hydrogen-bond acceptors (Lipinski definition) is 2. The van der Waals surface area contributed by atoms with E-state index in [1.807, 2.05) is 0 Å². The molecule has 96 valence electrons. The van der Waals surface area contributed by atoms with Gasteiger partial charge >= 0.3 is 0 Å². The molecule has 0 spiro atoms. The van der Waals surface area contributed by atoms with Gasteiger partial charge in [-0.25, -0.2) is 0 Å². The lowest BCUT2D eigenvalue weighted by Crippen LogP contribution is -2.50. The van der Waals surface area contributed by atoms with Crippen LogP contribution in [0.1, 0.15) is 46.5 Å². The molecular formula is C15H24O2. The van der Waals surface area contributed by atoms with Crippen LogP contribution in [-0.2, 0) is 4.74 Å². The van der Waals surface area contributed by atoms with Crippen molar-refractivity contribution >= 4 is 0 Å². The highest BCUT2D eigenvalue weighted by atomic mass is 16.6. The van der Waals surface area contributed by atoms with Crippen molar-refractivity contribution in [1.82, 2.24) is 0 Å². The van der Waals surface area contributed by atoms with Crippen LogP contribution in [-0.4, -0.2) is 23.4 Å². The minimum absolute atomic E-state index is 0.140. The van der Waals surface area contributed by atoms with Gasteiger partial charge in [0.15, 0.2) is 0 Å². The average molecular weight is 236 g/mol. The zero-order valence-electron chi connectivity index (χ0n) is 11.2. The summed E-state index contributed by atoms with van der Waals surface area (Å²) in [6, 6.07) is 0. The van der Waals surface area contributed by atoms with Gasteiger partial charge in [-0.1, -0.05) is 19.9 Å². The summed E-state index contributed by atoms with van der Waals surface area (Å²) < 4.78 is 5.97. The smallest absolute Gasteiger partial charge is 0.0954 e. The van der Waals surface area contributed by atoms with E-state index in [-0.39, 0.29) is 12.2 Å². The van der Waals surface area contributed by atoms with E-state index in [2.05, 4.69) is 26.8 Å². The molecule has 1 aliphatic heterocycles. The van der Waals surface area contributed by atoms with Crippen molar-refractivity contribution in [2.24, 2.45) is 17.3 Å². The van der Waals surface area contributed by atoms with Crippen LogP contribution in [0, 0.1) is 17.3 Å². The average Bonchev–Trinajstić information content (AvgIpc) is 2.91. The van der Waals surface area contributed by atoms with E-state index in [1.54, 1.807) is 0 Å². The first-order valence-corrected chi connectivity index (χ1v) is 6.94. The molecule has 4 atom stereocenters. The fourth-order valence-electron chi connectivity index (χ4n) is 4.18. The summed E-state index contributed by atoms with van der Waals surface area (Å²) in [5.74, 6) is 1.51. The van der Waals surface area contributed by atoms with Gasteiger partial charge in [-0.2, -0.15) is 0 Å². The van der Waals surface area contributed by atoms with Crippen molar-refractivity contribution < 1.29 is 9.84 Å². The monoisotopic (exact) mass is 236 g/mol. The highest BCUT2D eigenvalue weighted by molar-refractivity contribution is 5.18. The van der Waals surface area contributed by atoms with E-state index >= 15 is 0 Å². The van der Waals surface area contributed by atoms with Gasteiger partial charge in [-0.05, 0) is 55.4 Å². The lowest BCUT2D eigenvalue weighted by atomic mass is 9.50. The van der Waals surface area contributed by atoms with Crippen molar-refractivity contribution in [2.75, 3.05) is 6.61 Å². The predicted molar refractivity (Wildman–Crippen MR) is 67.7 cm³/mol. The molecule has 1 heterocycles. The highest BCUT2D eigenvalue weighted by Crippen LogP contribution is 2.63. The Bertz CT molecular complexity index is 358. The Labute approximate surface area is 104 Å². The van der Waals surface area contributed by atoms with Crippen molar-refractivity contribution in [3.63, 3.8) is 0 Å². The zero-order valence-corrected chi connectivity index (χ0v) is 11.2. The quantitative estimate of drug-likeness (QED) is 0.561. The SMILES string of the molecule is CC1(C)CC2C1CC/C(CO)=C\CC1OC12C. The van der Waals surface area contributed by atoms with Gasteiger partial charge in [0.1, 0.15) is 0 Å². The lowest BCUT2D eigenvalue weighted by Gasteiger charge is -2.54. The number of rotatable bonds is 1. The summed E-state index contributed by atoms with van der Waals surface area (Å²) in [5, 5.41) is 9.35. The number of ether oxygens (including phenoxy) is 1. The van der Waals surface area contributed by atoms with E-state index in [0.717, 1.165) is 24.7 Å². The van der Waals surface area contributed by atoms with Crippen LogP contribution in [0.3, 0.4) is 0 Å². The fourth-order valence-corrected chi connectivity index (χ4v) is 4.18. The molecule has 0 aromatic carbocycles. The summed E-state index contributed by atoms with van der Waals surface area (Å²) in [5.41, 5.74) is 1.82. The van der Waals surface area contributed by atoms with E-state index in [1.165, 1.54) is 18.4 Å². The second-order valence-electron chi connectivity index (χ2n) is 6.99. The Morgan fingerprint density at radius 2 is 2.12 bits per heavy atom. The van der Waals surface area contributed by atoms with Crippen molar-refractivity contribution in [3.05, 3.63) is 11.6 Å². The second kappa shape index (κ2) is 3.58. The second-order valence-corrected chi connectivity index (χ2v) is 6.99. The Kier molecular flexibility index (Phi) is 2.47. The Morgan fingerprint density at radius 1 is 1.35 bits per heavy atom. The molecule has 3 rings (SSSR count). The van der Waals surface area contributed by atoms with Crippen molar-refractivity contribution in [2.45, 2.75) is 58.2 Å². The first-order chi connectivity index (χ1) is 7.97. The molecular weight excluding hydrogens is 212 g/mol. The highest BCUT2D eigenvalue weighted by Gasteiger charge is 2.65. The van der Waals surface area contributed by atoms with Crippen LogP contribution in [0.5, 0.6) is 0 Å². The normalized spacial score (nSPS) is 50.6. The number of epoxide rings is 1. The minimum atomic E-state index is 0.140. The third-order valence-electron chi connectivity index (χ3n) is 5.55. The summed E-state index contributed by atoms with van der Waals surface area (Å²) in [6.45, 7) is 7.29. The van der Waals surface area contributed by atoms with E-state index in [9.17, 15) is 5.11 Å². The molecule has 0 aromatic rings. The maximum Gasteiger partial charge on any atom is 0.0954 e. The number of aliphatic hydroxyl groups is 1. The topological polar surface area (TPSA) is 32.8 Å². The molecule has 1 saturated heterocycles. The van der Waals surface area contributed by atoms with Crippen LogP contribution in [0.2, 0.25) is 0 Å². The van der Waals surface area contributed by atoms with Crippen molar-refractivity contribution in [1.29, 1.82) is 0 Å². The Balaban J connectivity index is 1.83. The largest absolute Gasteiger partial charge is 0.392 e. The molecule has 0 bridgehead atoms. The maximum absolute atomic E-state index is 9.35. The first kappa shape index (κ1) is 11.7. The van der Waals surface area contributed by atoms with Crippen LogP contribution < -0.4 is 0 Å². The van der Waals surface area contributed by atoms with Gasteiger partial charge in [-0.3, -0.25) is 0 Å². The van der Waals surface area contributed by atoms with E-state index < -0.39 is 0 Å². The van der Waals surface area contributed by atoms with Gasteiger partial charge < -0.3 is 9.84 Å². The molecule has 2 aliphatic carbocycles. The van der Waals surface area contributed by atoms with Gasteiger partial charge in [0.2, 0.25) is 0 Å². The molecule has 1 N–H and O–H groups in total. The standard InChI is InChI=1S/C15H24O2/c1-14(2)8-12-11(14)6-4-10(9-16)5-7-13-15(12,3)17-13/h5,11-13,16H,4,6-9H2,1-3H3/b10-5+. The molecule has 2 fully saturated rings. The van der Waals surface area contributed by atoms with E-state index in [0.29, 0.717) is 11.5 Å². The summed E-state index contributed by atoms with van der Waals surface area (Å²) >= 11 is 0. The number of fused-ring (bicyclic) bond motifs is 3. The summed E-state index contributed by atoms with van der Waals surface area (Å²) in [6.07, 6.45) is 7.22. The van der Waals surface area contributed by atoms with Gasteiger partial charge in [0.25, 0.3) is 0 Å². The number of aliphatic hydroxyl groups excluding tert-OH is 1. The van der Waals surface area contributed by atoms with Gasteiger partial charge in [0, 0.05) is 0 Å². The predicted octanol–water partition coefficient (Wildman–Crippen LogP) is 2.91. The van der Waals surface area contributed by atoms with Crippen LogP contribution in [0.25, 0.3) is 0 Å². The lowest BCUT2D eigenvalue weighted by molar-refractivity contribution is -0.0583. The van der Waals surface area contributed by atoms with Crippen molar-refractivity contribution in [3.8, 4) is 0 Å². The molecule has 2 heteroatoms. The zero-order chi connectivity index (χ0) is 12.3. The van der Waals surface area contributed by atoms with E-state index in [4.69, 9.17) is 4.74 Å².